The molecule has 1 aromatic rings. The molecule has 0 radical (unpaired) electrons. The minimum atomic E-state index is -0.325. The monoisotopic (exact) mass is 335 g/mol. The van der Waals surface area contributed by atoms with Crippen molar-refractivity contribution in [2.24, 2.45) is 10.2 Å². The Balaban J connectivity index is 1.66. The van der Waals surface area contributed by atoms with Crippen molar-refractivity contribution in [3.8, 4) is 0 Å². The molecule has 23 heavy (non-hydrogen) atoms. The van der Waals surface area contributed by atoms with E-state index in [-0.39, 0.29) is 11.7 Å². The number of amides is 1. The second kappa shape index (κ2) is 7.10. The number of rotatable bonds is 3. The van der Waals surface area contributed by atoms with Crippen LogP contribution in [0.15, 0.2) is 28.4 Å². The van der Waals surface area contributed by atoms with Crippen LogP contribution in [0.2, 0.25) is 0 Å². The predicted octanol–water partition coefficient (Wildman–Crippen LogP) is 1.13. The summed E-state index contributed by atoms with van der Waals surface area (Å²) >= 11 is 1.28. The Hall–Kier alpha value is -1.93. The fraction of sp³-hybridized carbons (Fsp3) is 0.400. The maximum absolute atomic E-state index is 14.2. The summed E-state index contributed by atoms with van der Waals surface area (Å²) in [6.07, 6.45) is 1.36. The number of hydrogen-bond donors (Lipinski definition) is 1. The highest BCUT2D eigenvalue weighted by molar-refractivity contribution is 8.15. The lowest BCUT2D eigenvalue weighted by atomic mass is 10.2. The molecule has 2 fully saturated rings. The number of halogens is 1. The van der Waals surface area contributed by atoms with Crippen LogP contribution in [0.3, 0.4) is 0 Å². The summed E-state index contributed by atoms with van der Waals surface area (Å²) in [4.78, 5) is 15.4. The summed E-state index contributed by atoms with van der Waals surface area (Å²) < 4.78 is 14.2. The summed E-state index contributed by atoms with van der Waals surface area (Å²) in [5.41, 5.74) is 1.26. The average Bonchev–Trinajstić information content (AvgIpc) is 2.95. The van der Waals surface area contributed by atoms with Crippen molar-refractivity contribution in [3.05, 3.63) is 29.6 Å². The van der Waals surface area contributed by atoms with E-state index < -0.39 is 0 Å². The molecule has 0 aromatic heterocycles. The van der Waals surface area contributed by atoms with Gasteiger partial charge in [-0.2, -0.15) is 5.10 Å². The van der Waals surface area contributed by atoms with Crippen LogP contribution in [0.5, 0.6) is 0 Å². The molecule has 2 aliphatic heterocycles. The van der Waals surface area contributed by atoms with E-state index in [1.165, 1.54) is 24.0 Å². The van der Waals surface area contributed by atoms with E-state index in [1.54, 1.807) is 6.07 Å². The van der Waals surface area contributed by atoms with Crippen molar-refractivity contribution in [1.82, 2.24) is 10.2 Å². The summed E-state index contributed by atoms with van der Waals surface area (Å²) in [7, 11) is 2.09. The van der Waals surface area contributed by atoms with Gasteiger partial charge in [-0.3, -0.25) is 4.79 Å². The van der Waals surface area contributed by atoms with Gasteiger partial charge < -0.3 is 15.1 Å². The summed E-state index contributed by atoms with van der Waals surface area (Å²) in [6, 6.07) is 5.13. The maximum atomic E-state index is 14.2. The van der Waals surface area contributed by atoms with Crippen LogP contribution >= 0.6 is 11.8 Å². The molecule has 8 heteroatoms. The zero-order valence-corrected chi connectivity index (χ0v) is 13.6. The fourth-order valence-corrected chi connectivity index (χ4v) is 3.04. The standard InChI is InChI=1S/C15H18FN5OS/c1-20-4-6-21(7-5-20)12-3-2-11(13(16)8-12)9-17-19-15-18-14(22)10-23-15/h2-3,8-9H,4-7,10H2,1H3,(H,18,19,22). The second-order valence-corrected chi connectivity index (χ2v) is 6.45. The molecular formula is C15H18FN5OS. The lowest BCUT2D eigenvalue weighted by Crippen LogP contribution is -2.44. The summed E-state index contributed by atoms with van der Waals surface area (Å²) in [6.45, 7) is 3.75. The van der Waals surface area contributed by atoms with E-state index in [2.05, 4.69) is 32.4 Å². The van der Waals surface area contributed by atoms with Gasteiger partial charge in [-0.25, -0.2) is 4.39 Å². The minimum absolute atomic E-state index is 0.0911. The zero-order valence-electron chi connectivity index (χ0n) is 12.8. The number of amidine groups is 1. The third-order valence-electron chi connectivity index (χ3n) is 3.78. The Bertz CT molecular complexity index is 655. The minimum Gasteiger partial charge on any atom is -0.369 e. The Labute approximate surface area is 138 Å². The van der Waals surface area contributed by atoms with Crippen LogP contribution in [-0.2, 0) is 4.79 Å². The number of carbonyl (C=O) groups excluding carboxylic acids is 1. The number of nitrogens with one attached hydrogen (secondary N) is 1. The number of carbonyl (C=O) groups is 1. The second-order valence-electron chi connectivity index (χ2n) is 5.48. The largest absolute Gasteiger partial charge is 0.369 e. The molecule has 2 saturated heterocycles. The highest BCUT2D eigenvalue weighted by atomic mass is 32.2. The van der Waals surface area contributed by atoms with Gasteiger partial charge >= 0.3 is 0 Å². The normalized spacial score (nSPS) is 21.4. The van der Waals surface area contributed by atoms with Crippen LogP contribution < -0.4 is 10.2 Å². The molecule has 0 atom stereocenters. The molecule has 0 aliphatic carbocycles. The molecule has 2 aliphatic rings. The lowest BCUT2D eigenvalue weighted by molar-refractivity contribution is -0.116. The SMILES string of the molecule is CN1CCN(c2ccc(C=NN=C3NC(=O)CS3)c(F)c2)CC1. The molecule has 0 spiro atoms. The molecule has 3 rings (SSSR count). The van der Waals surface area contributed by atoms with Crippen LogP contribution in [0.25, 0.3) is 0 Å². The number of nitrogens with zero attached hydrogens (tertiary/aromatic N) is 4. The highest BCUT2D eigenvalue weighted by Crippen LogP contribution is 2.19. The van der Waals surface area contributed by atoms with Gasteiger partial charge in [-0.15, -0.1) is 5.10 Å². The summed E-state index contributed by atoms with van der Waals surface area (Å²) in [5.74, 6) is -0.0669. The molecule has 6 nitrogen and oxygen atoms in total. The average molecular weight is 335 g/mol. The molecule has 2 heterocycles. The molecular weight excluding hydrogens is 317 g/mol. The van der Waals surface area contributed by atoms with Crippen molar-refractivity contribution in [3.63, 3.8) is 0 Å². The Kier molecular flexibility index (Phi) is 4.92. The highest BCUT2D eigenvalue weighted by Gasteiger charge is 2.16. The predicted molar refractivity (Wildman–Crippen MR) is 91.7 cm³/mol. The summed E-state index contributed by atoms with van der Waals surface area (Å²) in [5, 5.41) is 10.7. The van der Waals surface area contributed by atoms with E-state index in [9.17, 15) is 9.18 Å². The Morgan fingerprint density at radius 2 is 2.09 bits per heavy atom. The number of thioether (sulfide) groups is 1. The lowest BCUT2D eigenvalue weighted by Gasteiger charge is -2.34. The quantitative estimate of drug-likeness (QED) is 0.664. The molecule has 0 saturated carbocycles. The van der Waals surface area contributed by atoms with Gasteiger partial charge in [0.15, 0.2) is 5.17 Å². The first-order chi connectivity index (χ1) is 11.1. The fourth-order valence-electron chi connectivity index (χ4n) is 2.40. The van der Waals surface area contributed by atoms with Gasteiger partial charge in [0.2, 0.25) is 5.91 Å². The maximum Gasteiger partial charge on any atom is 0.236 e. The number of piperazine rings is 1. The zero-order chi connectivity index (χ0) is 16.2. The van der Waals surface area contributed by atoms with Gasteiger partial charge in [0.25, 0.3) is 0 Å². The molecule has 0 unspecified atom stereocenters. The van der Waals surface area contributed by atoms with Crippen molar-refractivity contribution < 1.29 is 9.18 Å². The molecule has 0 bridgehead atoms. The number of likely N-dealkylation sites (N-methyl/N-ethyl adjacent to an activating group) is 1. The van der Waals surface area contributed by atoms with E-state index in [1.807, 2.05) is 6.07 Å². The molecule has 1 N–H and O–H groups in total. The van der Waals surface area contributed by atoms with E-state index in [0.29, 0.717) is 16.5 Å². The molecule has 122 valence electrons. The third-order valence-corrected chi connectivity index (χ3v) is 4.65. The molecule has 1 aromatic carbocycles. The topological polar surface area (TPSA) is 60.3 Å². The van der Waals surface area contributed by atoms with Crippen LogP contribution in [0.1, 0.15) is 5.56 Å². The van der Waals surface area contributed by atoms with Gasteiger partial charge in [-0.05, 0) is 25.2 Å². The van der Waals surface area contributed by atoms with E-state index in [4.69, 9.17) is 0 Å². The van der Waals surface area contributed by atoms with Crippen LogP contribution in [-0.4, -0.2) is 61.2 Å². The van der Waals surface area contributed by atoms with Crippen molar-refractivity contribution in [2.45, 2.75) is 0 Å². The van der Waals surface area contributed by atoms with Gasteiger partial charge in [0.1, 0.15) is 5.82 Å². The van der Waals surface area contributed by atoms with E-state index >= 15 is 0 Å². The Morgan fingerprint density at radius 3 is 2.74 bits per heavy atom. The first-order valence-corrected chi connectivity index (χ1v) is 8.37. The van der Waals surface area contributed by atoms with Crippen molar-refractivity contribution >= 4 is 34.7 Å². The Morgan fingerprint density at radius 1 is 1.30 bits per heavy atom. The third kappa shape index (κ3) is 4.08. The number of anilines is 1. The van der Waals surface area contributed by atoms with Gasteiger partial charge in [0.05, 0.1) is 12.0 Å². The van der Waals surface area contributed by atoms with Crippen LogP contribution in [0, 0.1) is 5.82 Å². The van der Waals surface area contributed by atoms with E-state index in [0.717, 1.165) is 31.9 Å². The van der Waals surface area contributed by atoms with Gasteiger partial charge in [-0.1, -0.05) is 11.8 Å². The van der Waals surface area contributed by atoms with Crippen molar-refractivity contribution in [2.75, 3.05) is 43.9 Å². The van der Waals surface area contributed by atoms with Crippen LogP contribution in [0.4, 0.5) is 10.1 Å². The van der Waals surface area contributed by atoms with Crippen molar-refractivity contribution in [1.29, 1.82) is 0 Å². The van der Waals surface area contributed by atoms with Gasteiger partial charge in [0, 0.05) is 37.4 Å². The number of benzene rings is 1. The smallest absolute Gasteiger partial charge is 0.236 e. The first kappa shape index (κ1) is 15.9. The first-order valence-electron chi connectivity index (χ1n) is 7.38. The number of hydrogen-bond acceptors (Lipinski definition) is 6. The molecule has 1 amide bonds.